The van der Waals surface area contributed by atoms with E-state index in [-0.39, 0.29) is 0 Å². The molecule has 3 heteroatoms. The van der Waals surface area contributed by atoms with E-state index in [1.807, 2.05) is 36.4 Å². The Labute approximate surface area is 99.8 Å². The molecule has 0 atom stereocenters. The molecule has 0 aromatic heterocycles. The second-order valence-electron chi connectivity index (χ2n) is 3.56. The van der Waals surface area contributed by atoms with E-state index < -0.39 is 5.91 Å². The molecule has 0 bridgehead atoms. The van der Waals surface area contributed by atoms with E-state index in [0.29, 0.717) is 5.56 Å². The number of primary amides is 1. The minimum absolute atomic E-state index is 0.390. The third kappa shape index (κ3) is 2.28. The van der Waals surface area contributed by atoms with Crippen LogP contribution in [0.3, 0.4) is 0 Å². The number of ether oxygens (including phenoxy) is 1. The van der Waals surface area contributed by atoms with Gasteiger partial charge in [0.15, 0.2) is 0 Å². The summed E-state index contributed by atoms with van der Waals surface area (Å²) in [5.41, 5.74) is 7.36. The number of hydrogen-bond donors (Lipinski definition) is 1. The van der Waals surface area contributed by atoms with Crippen LogP contribution in [-0.2, 0) is 0 Å². The van der Waals surface area contributed by atoms with Gasteiger partial charge in [0.25, 0.3) is 0 Å². The summed E-state index contributed by atoms with van der Waals surface area (Å²) in [5, 5.41) is 0. The van der Waals surface area contributed by atoms with Crippen LogP contribution in [0.25, 0.3) is 11.1 Å². The van der Waals surface area contributed by atoms with Gasteiger partial charge in [0, 0.05) is 0 Å². The lowest BCUT2D eigenvalue weighted by Crippen LogP contribution is -2.12. The molecule has 0 saturated heterocycles. The molecule has 2 aromatic carbocycles. The molecule has 0 heterocycles. The summed E-state index contributed by atoms with van der Waals surface area (Å²) in [7, 11) is 1.60. The van der Waals surface area contributed by atoms with Crippen LogP contribution in [0.2, 0.25) is 0 Å². The maximum Gasteiger partial charge on any atom is 0.249 e. The molecule has 2 N–H and O–H groups in total. The van der Waals surface area contributed by atoms with Crippen LogP contribution in [-0.4, -0.2) is 13.0 Å². The number of nitrogens with two attached hydrogens (primary N) is 1. The Morgan fingerprint density at radius 3 is 2.82 bits per heavy atom. The molecule has 1 radical (unpaired) electrons. The number of rotatable bonds is 3. The maximum atomic E-state index is 11.3. The molecular weight excluding hydrogens is 214 g/mol. The van der Waals surface area contributed by atoms with Gasteiger partial charge in [0.05, 0.1) is 12.7 Å². The Hall–Kier alpha value is -2.29. The van der Waals surface area contributed by atoms with E-state index in [0.717, 1.165) is 16.9 Å². The fourth-order valence-electron chi connectivity index (χ4n) is 1.67. The standard InChI is InChI=1S/C14H12NO2/c1-17-11-6-4-5-10(9-11)12-7-2-3-8-13(12)14(15)16/h2-7,9H,1H3,(H2,15,16). The van der Waals surface area contributed by atoms with Gasteiger partial charge in [-0.2, -0.15) is 0 Å². The summed E-state index contributed by atoms with van der Waals surface area (Å²) >= 11 is 0. The second kappa shape index (κ2) is 4.70. The molecule has 0 fully saturated rings. The van der Waals surface area contributed by atoms with Gasteiger partial charge in [-0.15, -0.1) is 0 Å². The summed E-state index contributed by atoms with van der Waals surface area (Å²) in [6.45, 7) is 0. The van der Waals surface area contributed by atoms with E-state index in [9.17, 15) is 4.79 Å². The Morgan fingerprint density at radius 2 is 2.12 bits per heavy atom. The SMILES string of the molecule is COc1cccc(-c2ccc[c]c2C(N)=O)c1. The average Bonchev–Trinajstić information content (AvgIpc) is 2.39. The summed E-state index contributed by atoms with van der Waals surface area (Å²) in [6, 6.07) is 15.7. The zero-order chi connectivity index (χ0) is 12.3. The fourth-order valence-corrected chi connectivity index (χ4v) is 1.67. The summed E-state index contributed by atoms with van der Waals surface area (Å²) in [5.74, 6) is 0.255. The van der Waals surface area contributed by atoms with Crippen molar-refractivity contribution in [2.75, 3.05) is 7.11 Å². The normalized spacial score (nSPS) is 9.94. The maximum absolute atomic E-state index is 11.3. The first-order valence-corrected chi connectivity index (χ1v) is 5.17. The Balaban J connectivity index is 2.56. The Bertz CT molecular complexity index is 549. The topological polar surface area (TPSA) is 52.3 Å². The third-order valence-electron chi connectivity index (χ3n) is 2.48. The second-order valence-corrected chi connectivity index (χ2v) is 3.56. The molecule has 1 amide bonds. The highest BCUT2D eigenvalue weighted by Crippen LogP contribution is 2.26. The molecule has 85 valence electrons. The predicted molar refractivity (Wildman–Crippen MR) is 65.8 cm³/mol. The summed E-state index contributed by atoms with van der Waals surface area (Å²) in [6.07, 6.45) is 0. The van der Waals surface area contributed by atoms with Crippen molar-refractivity contribution in [1.82, 2.24) is 0 Å². The van der Waals surface area contributed by atoms with Crippen LogP contribution in [0.15, 0.2) is 42.5 Å². The minimum Gasteiger partial charge on any atom is -0.497 e. The number of methoxy groups -OCH3 is 1. The van der Waals surface area contributed by atoms with E-state index in [2.05, 4.69) is 6.07 Å². The molecule has 3 nitrogen and oxygen atoms in total. The molecule has 2 aromatic rings. The molecule has 0 spiro atoms. The van der Waals surface area contributed by atoms with Gasteiger partial charge in [0.2, 0.25) is 5.91 Å². The molecule has 17 heavy (non-hydrogen) atoms. The lowest BCUT2D eigenvalue weighted by molar-refractivity contribution is 0.100. The van der Waals surface area contributed by atoms with Gasteiger partial charge < -0.3 is 10.5 Å². The first-order chi connectivity index (χ1) is 8.22. The largest absolute Gasteiger partial charge is 0.497 e. The highest BCUT2D eigenvalue weighted by Gasteiger charge is 2.09. The van der Waals surface area contributed by atoms with Crippen molar-refractivity contribution in [3.05, 3.63) is 54.1 Å². The average molecular weight is 226 g/mol. The smallest absolute Gasteiger partial charge is 0.249 e. The molecule has 0 aliphatic rings. The van der Waals surface area contributed by atoms with Crippen molar-refractivity contribution in [3.63, 3.8) is 0 Å². The number of carbonyl (C=O) groups excluding carboxylic acids is 1. The molecule has 0 unspecified atom stereocenters. The molecule has 0 saturated carbocycles. The highest BCUT2D eigenvalue weighted by molar-refractivity contribution is 5.99. The van der Waals surface area contributed by atoms with Gasteiger partial charge in [-0.3, -0.25) is 4.79 Å². The van der Waals surface area contributed by atoms with Crippen molar-refractivity contribution in [1.29, 1.82) is 0 Å². The van der Waals surface area contributed by atoms with Crippen molar-refractivity contribution < 1.29 is 9.53 Å². The molecule has 2 rings (SSSR count). The first-order valence-electron chi connectivity index (χ1n) is 5.17. The predicted octanol–water partition coefficient (Wildman–Crippen LogP) is 2.26. The van der Waals surface area contributed by atoms with E-state index in [1.54, 1.807) is 13.2 Å². The zero-order valence-corrected chi connectivity index (χ0v) is 9.44. The van der Waals surface area contributed by atoms with Crippen molar-refractivity contribution in [2.45, 2.75) is 0 Å². The zero-order valence-electron chi connectivity index (χ0n) is 9.44. The van der Waals surface area contributed by atoms with E-state index >= 15 is 0 Å². The van der Waals surface area contributed by atoms with E-state index in [1.165, 1.54) is 0 Å². The number of carbonyl (C=O) groups is 1. The van der Waals surface area contributed by atoms with Crippen molar-refractivity contribution in [2.24, 2.45) is 5.73 Å². The Kier molecular flexibility index (Phi) is 3.10. The molecule has 0 aliphatic carbocycles. The molecular formula is C14H12NO2. The minimum atomic E-state index is -0.483. The monoisotopic (exact) mass is 226 g/mol. The van der Waals surface area contributed by atoms with Crippen LogP contribution in [0.4, 0.5) is 0 Å². The Morgan fingerprint density at radius 1 is 1.29 bits per heavy atom. The van der Waals surface area contributed by atoms with Crippen LogP contribution in [0.5, 0.6) is 5.75 Å². The van der Waals surface area contributed by atoms with Gasteiger partial charge >= 0.3 is 0 Å². The van der Waals surface area contributed by atoms with Crippen LogP contribution >= 0.6 is 0 Å². The van der Waals surface area contributed by atoms with Gasteiger partial charge in [-0.25, -0.2) is 0 Å². The highest BCUT2D eigenvalue weighted by atomic mass is 16.5. The van der Waals surface area contributed by atoms with Crippen LogP contribution < -0.4 is 10.5 Å². The van der Waals surface area contributed by atoms with Crippen LogP contribution in [0, 0.1) is 6.07 Å². The number of amides is 1. The van der Waals surface area contributed by atoms with Crippen molar-refractivity contribution >= 4 is 5.91 Å². The number of hydrogen-bond acceptors (Lipinski definition) is 2. The fraction of sp³-hybridized carbons (Fsp3) is 0.0714. The quantitative estimate of drug-likeness (QED) is 0.872. The lowest BCUT2D eigenvalue weighted by atomic mass is 9.99. The van der Waals surface area contributed by atoms with Gasteiger partial charge in [-0.05, 0) is 29.3 Å². The van der Waals surface area contributed by atoms with Crippen molar-refractivity contribution in [3.8, 4) is 16.9 Å². The third-order valence-corrected chi connectivity index (χ3v) is 2.48. The summed E-state index contributed by atoms with van der Waals surface area (Å²) < 4.78 is 5.15. The number of benzene rings is 2. The van der Waals surface area contributed by atoms with Crippen LogP contribution in [0.1, 0.15) is 10.4 Å². The van der Waals surface area contributed by atoms with Gasteiger partial charge in [0.1, 0.15) is 5.75 Å². The van der Waals surface area contributed by atoms with E-state index in [4.69, 9.17) is 10.5 Å². The molecule has 0 aliphatic heterocycles. The first kappa shape index (κ1) is 11.2. The lowest BCUT2D eigenvalue weighted by Gasteiger charge is -2.07. The summed E-state index contributed by atoms with van der Waals surface area (Å²) in [4.78, 5) is 11.3. The van der Waals surface area contributed by atoms with Gasteiger partial charge in [-0.1, -0.05) is 30.3 Å².